The number of aromatic hydroxyl groups is 1. The molecule has 0 fully saturated rings. The molecule has 1 aliphatic heterocycles. The molecule has 1 atom stereocenters. The Kier molecular flexibility index (Phi) is 3.10. The van der Waals surface area contributed by atoms with Gasteiger partial charge in [-0.2, -0.15) is 0 Å². The van der Waals surface area contributed by atoms with E-state index >= 15 is 0 Å². The first kappa shape index (κ1) is 12.6. The predicted octanol–water partition coefficient (Wildman–Crippen LogP) is 2.40. The van der Waals surface area contributed by atoms with Gasteiger partial charge in [0.1, 0.15) is 18.1 Å². The Balaban J connectivity index is 1.88. The molecular formula is C15H17N3O2. The number of pyridine rings is 1. The number of hydrogen-bond donors (Lipinski definition) is 2. The summed E-state index contributed by atoms with van der Waals surface area (Å²) >= 11 is 0. The van der Waals surface area contributed by atoms with Gasteiger partial charge in [0.2, 0.25) is 0 Å². The number of ether oxygens (including phenoxy) is 1. The summed E-state index contributed by atoms with van der Waals surface area (Å²) in [7, 11) is 3.93. The van der Waals surface area contributed by atoms with Crippen LogP contribution in [0.5, 0.6) is 11.5 Å². The summed E-state index contributed by atoms with van der Waals surface area (Å²) in [5.41, 5.74) is 2.02. The molecule has 5 heteroatoms. The van der Waals surface area contributed by atoms with Crippen molar-refractivity contribution in [2.45, 2.75) is 6.04 Å². The Morgan fingerprint density at radius 1 is 1.35 bits per heavy atom. The second-order valence-electron chi connectivity index (χ2n) is 5.00. The third-order valence-electron chi connectivity index (χ3n) is 3.32. The van der Waals surface area contributed by atoms with Crippen molar-refractivity contribution in [3.8, 4) is 11.5 Å². The van der Waals surface area contributed by atoms with Gasteiger partial charge >= 0.3 is 0 Å². The molecule has 0 aliphatic carbocycles. The van der Waals surface area contributed by atoms with Crippen molar-refractivity contribution in [2.75, 3.05) is 30.9 Å². The van der Waals surface area contributed by atoms with Gasteiger partial charge < -0.3 is 20.1 Å². The van der Waals surface area contributed by atoms with Crippen molar-refractivity contribution in [1.29, 1.82) is 0 Å². The lowest BCUT2D eigenvalue weighted by atomic mass is 10.1. The highest BCUT2D eigenvalue weighted by molar-refractivity contribution is 5.66. The van der Waals surface area contributed by atoms with Crippen LogP contribution in [0.15, 0.2) is 36.5 Å². The molecule has 2 heterocycles. The van der Waals surface area contributed by atoms with Gasteiger partial charge in [0.15, 0.2) is 5.82 Å². The average molecular weight is 271 g/mol. The van der Waals surface area contributed by atoms with Gasteiger partial charge in [-0.1, -0.05) is 0 Å². The highest BCUT2D eigenvalue weighted by Crippen LogP contribution is 2.37. The van der Waals surface area contributed by atoms with Gasteiger partial charge in [0, 0.05) is 31.9 Å². The van der Waals surface area contributed by atoms with Crippen LogP contribution >= 0.6 is 0 Å². The van der Waals surface area contributed by atoms with Crippen LogP contribution in [0.4, 0.5) is 11.5 Å². The number of phenols is 1. The minimum absolute atomic E-state index is 0.0634. The van der Waals surface area contributed by atoms with Crippen LogP contribution < -0.4 is 15.0 Å². The number of anilines is 2. The molecule has 0 saturated heterocycles. The first-order valence-electron chi connectivity index (χ1n) is 6.50. The molecule has 104 valence electrons. The van der Waals surface area contributed by atoms with Crippen LogP contribution in [0.3, 0.4) is 0 Å². The number of nitrogens with zero attached hydrogens (tertiary/aromatic N) is 2. The van der Waals surface area contributed by atoms with E-state index in [-0.39, 0.29) is 11.8 Å². The second-order valence-corrected chi connectivity index (χ2v) is 5.00. The number of fused-ring (bicyclic) bond motifs is 1. The lowest BCUT2D eigenvalue weighted by Crippen LogP contribution is -2.17. The summed E-state index contributed by atoms with van der Waals surface area (Å²) in [6.45, 7) is 0.542. The Hall–Kier alpha value is -2.43. The Morgan fingerprint density at radius 3 is 3.00 bits per heavy atom. The molecule has 1 aromatic heterocycles. The maximum Gasteiger partial charge on any atom is 0.151 e. The van der Waals surface area contributed by atoms with Crippen molar-refractivity contribution < 1.29 is 9.84 Å². The van der Waals surface area contributed by atoms with Crippen LogP contribution in [0, 0.1) is 0 Å². The SMILES string of the molecule is CN(C)c1ncccc1NC1COc2cc(O)ccc21. The second kappa shape index (κ2) is 4.92. The summed E-state index contributed by atoms with van der Waals surface area (Å²) in [6, 6.07) is 9.18. The molecule has 0 saturated carbocycles. The lowest BCUT2D eigenvalue weighted by molar-refractivity contribution is 0.338. The normalized spacial score (nSPS) is 16.4. The fourth-order valence-corrected chi connectivity index (χ4v) is 2.37. The van der Waals surface area contributed by atoms with E-state index in [1.54, 1.807) is 18.3 Å². The largest absolute Gasteiger partial charge is 0.508 e. The highest BCUT2D eigenvalue weighted by atomic mass is 16.5. The first-order chi connectivity index (χ1) is 9.65. The van der Waals surface area contributed by atoms with Crippen molar-refractivity contribution >= 4 is 11.5 Å². The molecule has 1 aliphatic rings. The van der Waals surface area contributed by atoms with E-state index < -0.39 is 0 Å². The first-order valence-corrected chi connectivity index (χ1v) is 6.50. The molecule has 20 heavy (non-hydrogen) atoms. The van der Waals surface area contributed by atoms with E-state index in [1.165, 1.54) is 0 Å². The number of nitrogens with one attached hydrogen (secondary N) is 1. The zero-order valence-corrected chi connectivity index (χ0v) is 11.5. The van der Waals surface area contributed by atoms with Crippen LogP contribution in [-0.4, -0.2) is 30.8 Å². The zero-order chi connectivity index (χ0) is 14.1. The van der Waals surface area contributed by atoms with Gasteiger partial charge in [-0.05, 0) is 24.3 Å². The van der Waals surface area contributed by atoms with E-state index in [1.807, 2.05) is 37.2 Å². The summed E-state index contributed by atoms with van der Waals surface area (Å²) in [6.07, 6.45) is 1.78. The van der Waals surface area contributed by atoms with Gasteiger partial charge in [-0.3, -0.25) is 0 Å². The van der Waals surface area contributed by atoms with Crippen molar-refractivity contribution in [1.82, 2.24) is 4.98 Å². The monoisotopic (exact) mass is 271 g/mol. The third-order valence-corrected chi connectivity index (χ3v) is 3.32. The molecular weight excluding hydrogens is 254 g/mol. The van der Waals surface area contributed by atoms with E-state index in [4.69, 9.17) is 4.74 Å². The number of hydrogen-bond acceptors (Lipinski definition) is 5. The highest BCUT2D eigenvalue weighted by Gasteiger charge is 2.25. The molecule has 2 aromatic rings. The molecule has 2 N–H and O–H groups in total. The van der Waals surface area contributed by atoms with Crippen molar-refractivity contribution in [2.24, 2.45) is 0 Å². The van der Waals surface area contributed by atoms with Crippen LogP contribution in [0.25, 0.3) is 0 Å². The average Bonchev–Trinajstić information content (AvgIpc) is 2.81. The fourth-order valence-electron chi connectivity index (χ4n) is 2.37. The molecule has 0 amide bonds. The number of rotatable bonds is 3. The Morgan fingerprint density at radius 2 is 2.20 bits per heavy atom. The summed E-state index contributed by atoms with van der Waals surface area (Å²) in [5, 5.41) is 12.9. The molecule has 5 nitrogen and oxygen atoms in total. The molecule has 0 bridgehead atoms. The quantitative estimate of drug-likeness (QED) is 0.897. The van der Waals surface area contributed by atoms with Gasteiger partial charge in [-0.15, -0.1) is 0 Å². The van der Waals surface area contributed by atoms with Crippen molar-refractivity contribution in [3.63, 3.8) is 0 Å². The van der Waals surface area contributed by atoms with Gasteiger partial charge in [0.05, 0.1) is 11.7 Å². The topological polar surface area (TPSA) is 57.6 Å². The van der Waals surface area contributed by atoms with E-state index in [0.717, 1.165) is 22.8 Å². The molecule has 1 aromatic carbocycles. The van der Waals surface area contributed by atoms with Crippen molar-refractivity contribution in [3.05, 3.63) is 42.1 Å². The minimum atomic E-state index is 0.0634. The zero-order valence-electron chi connectivity index (χ0n) is 11.5. The Labute approximate surface area is 117 Å². The third kappa shape index (κ3) is 2.22. The standard InChI is InChI=1S/C15H17N3O2/c1-18(2)15-12(4-3-7-16-15)17-13-9-20-14-8-10(19)5-6-11(13)14/h3-8,13,17,19H,9H2,1-2H3. The Bertz CT molecular complexity index is 628. The van der Waals surface area contributed by atoms with Crippen LogP contribution in [0.2, 0.25) is 0 Å². The summed E-state index contributed by atoms with van der Waals surface area (Å²) < 4.78 is 5.61. The number of benzene rings is 1. The minimum Gasteiger partial charge on any atom is -0.508 e. The molecule has 1 unspecified atom stereocenters. The van der Waals surface area contributed by atoms with Gasteiger partial charge in [-0.25, -0.2) is 4.98 Å². The van der Waals surface area contributed by atoms with Crippen LogP contribution in [0.1, 0.15) is 11.6 Å². The van der Waals surface area contributed by atoms with Crippen LogP contribution in [-0.2, 0) is 0 Å². The number of phenolic OH excluding ortho intramolecular Hbond substituents is 1. The lowest BCUT2D eigenvalue weighted by Gasteiger charge is -2.19. The van der Waals surface area contributed by atoms with E-state index in [2.05, 4.69) is 10.3 Å². The molecule has 0 spiro atoms. The maximum atomic E-state index is 9.47. The molecule has 0 radical (unpaired) electrons. The fraction of sp³-hybridized carbons (Fsp3) is 0.267. The number of aromatic nitrogens is 1. The summed E-state index contributed by atoms with van der Waals surface area (Å²) in [4.78, 5) is 6.34. The smallest absolute Gasteiger partial charge is 0.151 e. The summed E-state index contributed by atoms with van der Waals surface area (Å²) in [5.74, 6) is 1.84. The van der Waals surface area contributed by atoms with E-state index in [0.29, 0.717) is 6.61 Å². The van der Waals surface area contributed by atoms with Gasteiger partial charge in [0.25, 0.3) is 0 Å². The predicted molar refractivity (Wildman–Crippen MR) is 78.5 cm³/mol. The maximum absolute atomic E-state index is 9.47. The van der Waals surface area contributed by atoms with E-state index in [9.17, 15) is 5.11 Å². The molecule has 3 rings (SSSR count).